The number of benzene rings is 1. The maximum atomic E-state index is 12.6. The average molecular weight is 440 g/mol. The van der Waals surface area contributed by atoms with Crippen LogP contribution < -0.4 is 4.74 Å². The lowest BCUT2D eigenvalue weighted by Crippen LogP contribution is -2.56. The topological polar surface area (TPSA) is 59.5 Å². The van der Waals surface area contributed by atoms with E-state index in [4.69, 9.17) is 4.74 Å². The predicted octanol–water partition coefficient (Wildman–Crippen LogP) is 3.71. The van der Waals surface area contributed by atoms with Gasteiger partial charge in [-0.3, -0.25) is 0 Å². The summed E-state index contributed by atoms with van der Waals surface area (Å²) in [6.45, 7) is -0.193. The Bertz CT molecular complexity index is 968. The van der Waals surface area contributed by atoms with Crippen LogP contribution in [0.15, 0.2) is 42.5 Å². The first kappa shape index (κ1) is 21.4. The van der Waals surface area contributed by atoms with Crippen LogP contribution in [0.25, 0.3) is 0 Å². The van der Waals surface area contributed by atoms with Gasteiger partial charge in [0.2, 0.25) is 15.9 Å². The van der Waals surface area contributed by atoms with E-state index in [1.807, 2.05) is 0 Å². The quantitative estimate of drug-likeness (QED) is 0.666. The molecule has 1 aromatic heterocycles. The van der Waals surface area contributed by atoms with Crippen molar-refractivity contribution in [1.82, 2.24) is 9.29 Å². The molecule has 1 aliphatic rings. The SMILES string of the molecule is O=S(=O)(Cc1ccc(C(F)(F)F)cc1)N1CC(Oc2cccc(C(F)(F)F)n2)C1. The van der Waals surface area contributed by atoms with Crippen LogP contribution >= 0.6 is 0 Å². The molecule has 0 bridgehead atoms. The number of rotatable bonds is 5. The molecule has 2 aromatic rings. The Morgan fingerprint density at radius 3 is 2.14 bits per heavy atom. The molecule has 0 saturated carbocycles. The van der Waals surface area contributed by atoms with Crippen molar-refractivity contribution in [2.75, 3.05) is 13.1 Å². The van der Waals surface area contributed by atoms with Gasteiger partial charge >= 0.3 is 12.4 Å². The maximum Gasteiger partial charge on any atom is 0.433 e. The highest BCUT2D eigenvalue weighted by Gasteiger charge is 2.38. The van der Waals surface area contributed by atoms with E-state index in [1.54, 1.807) is 0 Å². The summed E-state index contributed by atoms with van der Waals surface area (Å²) < 4.78 is 107. The molecule has 5 nitrogen and oxygen atoms in total. The summed E-state index contributed by atoms with van der Waals surface area (Å²) in [6.07, 6.45) is -9.82. The Labute approximate surface area is 162 Å². The Hall–Kier alpha value is -2.34. The smallest absolute Gasteiger partial charge is 0.433 e. The van der Waals surface area contributed by atoms with E-state index in [2.05, 4.69) is 4.98 Å². The van der Waals surface area contributed by atoms with Crippen molar-refractivity contribution < 1.29 is 39.5 Å². The molecule has 0 radical (unpaired) electrons. The summed E-state index contributed by atoms with van der Waals surface area (Å²) in [5, 5.41) is 0. The first-order chi connectivity index (χ1) is 13.3. The number of aromatic nitrogens is 1. The van der Waals surface area contributed by atoms with Crippen molar-refractivity contribution in [3.8, 4) is 5.88 Å². The lowest BCUT2D eigenvalue weighted by molar-refractivity contribution is -0.141. The number of sulfonamides is 1. The molecule has 1 aliphatic heterocycles. The summed E-state index contributed by atoms with van der Waals surface area (Å²) in [5.74, 6) is -0.774. The normalized spacial score (nSPS) is 16.5. The lowest BCUT2D eigenvalue weighted by atomic mass is 10.1. The van der Waals surface area contributed by atoms with Crippen molar-refractivity contribution in [2.45, 2.75) is 24.2 Å². The van der Waals surface area contributed by atoms with Gasteiger partial charge in [-0.05, 0) is 23.8 Å². The first-order valence-electron chi connectivity index (χ1n) is 8.19. The van der Waals surface area contributed by atoms with Crippen LogP contribution in [0.5, 0.6) is 5.88 Å². The number of hydrogen-bond acceptors (Lipinski definition) is 4. The molecule has 0 atom stereocenters. The standard InChI is InChI=1S/C17H14F6N2O3S/c18-16(19,20)12-6-4-11(5-7-12)10-29(26,27)25-8-13(9-25)28-15-3-1-2-14(24-15)17(21,22)23/h1-7,13H,8-10H2. The zero-order chi connectivity index (χ0) is 21.4. The Balaban J connectivity index is 1.57. The van der Waals surface area contributed by atoms with Gasteiger partial charge in [0.05, 0.1) is 24.4 Å². The van der Waals surface area contributed by atoms with Crippen LogP contribution in [0.4, 0.5) is 26.3 Å². The molecule has 2 heterocycles. The molecular formula is C17H14F6N2O3S. The monoisotopic (exact) mass is 440 g/mol. The molecule has 1 fully saturated rings. The number of halogens is 6. The molecule has 0 spiro atoms. The summed E-state index contributed by atoms with van der Waals surface area (Å²) in [6, 6.07) is 6.91. The molecule has 1 saturated heterocycles. The highest BCUT2D eigenvalue weighted by Crippen LogP contribution is 2.31. The third kappa shape index (κ3) is 5.18. The van der Waals surface area contributed by atoms with Gasteiger partial charge in [0.25, 0.3) is 0 Å². The van der Waals surface area contributed by atoms with Gasteiger partial charge in [-0.25, -0.2) is 13.4 Å². The second-order valence-corrected chi connectivity index (χ2v) is 8.34. The van der Waals surface area contributed by atoms with Crippen LogP contribution in [0.2, 0.25) is 0 Å². The number of nitrogens with zero attached hydrogens (tertiary/aromatic N) is 2. The molecule has 3 rings (SSSR count). The molecular weight excluding hydrogens is 426 g/mol. The second kappa shape index (κ2) is 7.48. The van der Waals surface area contributed by atoms with Crippen molar-refractivity contribution in [3.63, 3.8) is 0 Å². The van der Waals surface area contributed by atoms with Crippen molar-refractivity contribution in [3.05, 3.63) is 59.3 Å². The minimum absolute atomic E-state index is 0.0963. The van der Waals surface area contributed by atoms with Gasteiger partial charge in [0, 0.05) is 6.07 Å². The van der Waals surface area contributed by atoms with Crippen LogP contribution in [-0.4, -0.2) is 36.9 Å². The van der Waals surface area contributed by atoms with Crippen LogP contribution in [-0.2, 0) is 28.1 Å². The zero-order valence-corrected chi connectivity index (χ0v) is 15.4. The maximum absolute atomic E-state index is 12.6. The van der Waals surface area contributed by atoms with Crippen molar-refractivity contribution in [1.29, 1.82) is 0 Å². The lowest BCUT2D eigenvalue weighted by Gasteiger charge is -2.37. The highest BCUT2D eigenvalue weighted by atomic mass is 32.2. The summed E-state index contributed by atoms with van der Waals surface area (Å²) in [7, 11) is -3.81. The second-order valence-electron chi connectivity index (χ2n) is 6.37. The Morgan fingerprint density at radius 2 is 1.59 bits per heavy atom. The highest BCUT2D eigenvalue weighted by molar-refractivity contribution is 7.88. The van der Waals surface area contributed by atoms with E-state index in [9.17, 15) is 34.8 Å². The molecule has 29 heavy (non-hydrogen) atoms. The first-order valence-corrected chi connectivity index (χ1v) is 9.80. The Kier molecular flexibility index (Phi) is 5.52. The molecule has 12 heteroatoms. The minimum Gasteiger partial charge on any atom is -0.472 e. The van der Waals surface area contributed by atoms with Crippen LogP contribution in [0, 0.1) is 0 Å². The van der Waals surface area contributed by atoms with E-state index in [0.29, 0.717) is 0 Å². The number of hydrogen-bond donors (Lipinski definition) is 0. The van der Waals surface area contributed by atoms with Gasteiger partial charge in [-0.1, -0.05) is 18.2 Å². The van der Waals surface area contributed by atoms with Gasteiger partial charge in [0.1, 0.15) is 11.8 Å². The number of ether oxygens (including phenoxy) is 1. The average Bonchev–Trinajstić information content (AvgIpc) is 2.56. The Morgan fingerprint density at radius 1 is 0.966 bits per heavy atom. The summed E-state index contributed by atoms with van der Waals surface area (Å²) in [4.78, 5) is 3.34. The number of alkyl halides is 6. The van der Waals surface area contributed by atoms with Gasteiger partial charge in [-0.15, -0.1) is 0 Å². The zero-order valence-electron chi connectivity index (χ0n) is 14.5. The van der Waals surface area contributed by atoms with E-state index >= 15 is 0 Å². The van der Waals surface area contributed by atoms with Crippen LogP contribution in [0.1, 0.15) is 16.8 Å². The van der Waals surface area contributed by atoms with Gasteiger partial charge in [0.15, 0.2) is 0 Å². The summed E-state index contributed by atoms with van der Waals surface area (Å²) in [5.41, 5.74) is -1.83. The van der Waals surface area contributed by atoms with E-state index in [-0.39, 0.29) is 24.5 Å². The van der Waals surface area contributed by atoms with E-state index < -0.39 is 45.5 Å². The third-order valence-corrected chi connectivity index (χ3v) is 5.92. The molecule has 0 N–H and O–H groups in total. The minimum atomic E-state index is -4.63. The fraction of sp³-hybridized carbons (Fsp3) is 0.353. The van der Waals surface area contributed by atoms with Crippen LogP contribution in [0.3, 0.4) is 0 Å². The fourth-order valence-electron chi connectivity index (χ4n) is 2.60. The van der Waals surface area contributed by atoms with Gasteiger partial charge in [-0.2, -0.15) is 30.6 Å². The van der Waals surface area contributed by atoms with Crippen molar-refractivity contribution >= 4 is 10.0 Å². The van der Waals surface area contributed by atoms with Crippen molar-refractivity contribution in [2.24, 2.45) is 0 Å². The van der Waals surface area contributed by atoms with Gasteiger partial charge < -0.3 is 4.74 Å². The molecule has 0 amide bonds. The predicted molar refractivity (Wildman–Crippen MR) is 89.3 cm³/mol. The molecule has 0 unspecified atom stereocenters. The third-order valence-electron chi connectivity index (χ3n) is 4.14. The largest absolute Gasteiger partial charge is 0.472 e. The summed E-state index contributed by atoms with van der Waals surface area (Å²) >= 11 is 0. The molecule has 0 aliphatic carbocycles. The fourth-order valence-corrected chi connectivity index (χ4v) is 4.19. The molecule has 1 aromatic carbocycles. The van der Waals surface area contributed by atoms with E-state index in [1.165, 1.54) is 6.07 Å². The van der Waals surface area contributed by atoms with E-state index in [0.717, 1.165) is 40.7 Å². The number of pyridine rings is 1. The molecule has 158 valence electrons.